The zero-order chi connectivity index (χ0) is 11.1. The van der Waals surface area contributed by atoms with Crippen molar-refractivity contribution in [3.05, 3.63) is 23.4 Å². The molecule has 1 rings (SSSR count). The summed E-state index contributed by atoms with van der Waals surface area (Å²) in [7, 11) is 0. The van der Waals surface area contributed by atoms with Crippen molar-refractivity contribution in [2.75, 3.05) is 11.9 Å². The second-order valence-corrected chi connectivity index (χ2v) is 4.55. The lowest BCUT2D eigenvalue weighted by Crippen LogP contribution is -2.03. The number of nitrogens with zero attached hydrogens (tertiary/aromatic N) is 1. The van der Waals surface area contributed by atoms with Crippen LogP contribution in [0.1, 0.15) is 33.1 Å². The van der Waals surface area contributed by atoms with E-state index in [9.17, 15) is 0 Å². The van der Waals surface area contributed by atoms with Crippen molar-refractivity contribution in [2.24, 2.45) is 5.92 Å². The van der Waals surface area contributed by atoms with Crippen molar-refractivity contribution in [3.8, 4) is 0 Å². The third-order valence-corrected chi connectivity index (χ3v) is 2.44. The molecular weight excluding hydrogens is 208 g/mol. The predicted octanol–water partition coefficient (Wildman–Crippen LogP) is 3.97. The van der Waals surface area contributed by atoms with Gasteiger partial charge in [-0.1, -0.05) is 44.4 Å². The Bertz CT molecular complexity index is 287. The second kappa shape index (κ2) is 6.67. The highest BCUT2D eigenvalue weighted by Gasteiger charge is 1.96. The molecule has 0 aliphatic carbocycles. The fourth-order valence-corrected chi connectivity index (χ4v) is 1.56. The minimum absolute atomic E-state index is 0.544. The molecule has 84 valence electrons. The number of rotatable bonds is 6. The zero-order valence-electron chi connectivity index (χ0n) is 9.46. The Hall–Kier alpha value is -0.760. The van der Waals surface area contributed by atoms with Crippen molar-refractivity contribution in [1.82, 2.24) is 4.98 Å². The summed E-state index contributed by atoms with van der Waals surface area (Å²) in [6.45, 7) is 5.48. The molecule has 0 aromatic carbocycles. The first-order valence-electron chi connectivity index (χ1n) is 5.55. The molecule has 1 N–H and O–H groups in total. The number of hydrogen-bond donors (Lipinski definition) is 1. The van der Waals surface area contributed by atoms with Gasteiger partial charge in [0.2, 0.25) is 0 Å². The molecule has 0 radical (unpaired) electrons. The lowest BCUT2D eigenvalue weighted by Gasteiger charge is -2.06. The van der Waals surface area contributed by atoms with E-state index in [0.29, 0.717) is 5.15 Å². The molecule has 3 heteroatoms. The molecule has 0 aliphatic rings. The predicted molar refractivity (Wildman–Crippen MR) is 66.4 cm³/mol. The van der Waals surface area contributed by atoms with Crippen LogP contribution in [-0.2, 0) is 0 Å². The fraction of sp³-hybridized carbons (Fsp3) is 0.583. The lowest BCUT2D eigenvalue weighted by molar-refractivity contribution is 0.544. The minimum atomic E-state index is 0.544. The maximum absolute atomic E-state index is 5.78. The molecular formula is C12H19ClN2. The highest BCUT2D eigenvalue weighted by atomic mass is 35.5. The number of aromatic nitrogens is 1. The van der Waals surface area contributed by atoms with E-state index in [-0.39, 0.29) is 0 Å². The monoisotopic (exact) mass is 226 g/mol. The van der Waals surface area contributed by atoms with Crippen LogP contribution in [0.15, 0.2) is 18.2 Å². The number of pyridine rings is 1. The van der Waals surface area contributed by atoms with Gasteiger partial charge in [-0.25, -0.2) is 4.98 Å². The number of unbranched alkanes of at least 4 members (excludes halogenated alkanes) is 1. The molecule has 0 unspecified atom stereocenters. The Morgan fingerprint density at radius 3 is 2.80 bits per heavy atom. The van der Waals surface area contributed by atoms with E-state index in [4.69, 9.17) is 11.6 Å². The third kappa shape index (κ3) is 5.63. The number of hydrogen-bond acceptors (Lipinski definition) is 2. The first-order chi connectivity index (χ1) is 7.18. The molecule has 0 bridgehead atoms. The van der Waals surface area contributed by atoms with Gasteiger partial charge in [0.1, 0.15) is 11.0 Å². The summed E-state index contributed by atoms with van der Waals surface area (Å²) in [5, 5.41) is 3.81. The van der Waals surface area contributed by atoms with Gasteiger partial charge in [0.05, 0.1) is 0 Å². The van der Waals surface area contributed by atoms with Gasteiger partial charge < -0.3 is 5.32 Å². The van der Waals surface area contributed by atoms with Gasteiger partial charge in [-0.05, 0) is 24.5 Å². The maximum Gasteiger partial charge on any atom is 0.131 e. The molecule has 0 amide bonds. The van der Waals surface area contributed by atoms with Gasteiger partial charge in [0, 0.05) is 6.54 Å². The van der Waals surface area contributed by atoms with E-state index in [2.05, 4.69) is 24.1 Å². The van der Waals surface area contributed by atoms with E-state index in [1.807, 2.05) is 12.1 Å². The van der Waals surface area contributed by atoms with Gasteiger partial charge in [0.25, 0.3) is 0 Å². The zero-order valence-corrected chi connectivity index (χ0v) is 10.2. The number of nitrogens with one attached hydrogen (secondary N) is 1. The molecule has 0 atom stereocenters. The van der Waals surface area contributed by atoms with E-state index in [1.54, 1.807) is 6.07 Å². The highest BCUT2D eigenvalue weighted by molar-refractivity contribution is 6.29. The Kier molecular flexibility index (Phi) is 5.48. The Morgan fingerprint density at radius 1 is 1.33 bits per heavy atom. The van der Waals surface area contributed by atoms with Crippen molar-refractivity contribution in [1.29, 1.82) is 0 Å². The van der Waals surface area contributed by atoms with Crippen molar-refractivity contribution < 1.29 is 0 Å². The minimum Gasteiger partial charge on any atom is -0.370 e. The Labute approximate surface area is 97.1 Å². The van der Waals surface area contributed by atoms with Crippen LogP contribution in [0.3, 0.4) is 0 Å². The van der Waals surface area contributed by atoms with Crippen molar-refractivity contribution in [2.45, 2.75) is 33.1 Å². The van der Waals surface area contributed by atoms with Crippen molar-refractivity contribution >= 4 is 17.4 Å². The van der Waals surface area contributed by atoms with Crippen LogP contribution >= 0.6 is 11.6 Å². The third-order valence-electron chi connectivity index (χ3n) is 2.23. The lowest BCUT2D eigenvalue weighted by atomic mass is 10.1. The molecule has 1 heterocycles. The van der Waals surface area contributed by atoms with E-state index < -0.39 is 0 Å². The summed E-state index contributed by atoms with van der Waals surface area (Å²) >= 11 is 5.78. The van der Waals surface area contributed by atoms with Crippen LogP contribution in [0.4, 0.5) is 5.82 Å². The standard InChI is InChI=1S/C12H19ClN2/c1-10(2)6-3-4-9-14-12-8-5-7-11(13)15-12/h5,7-8,10H,3-4,6,9H2,1-2H3,(H,14,15). The quantitative estimate of drug-likeness (QED) is 0.587. The smallest absolute Gasteiger partial charge is 0.131 e. The molecule has 2 nitrogen and oxygen atoms in total. The summed E-state index contributed by atoms with van der Waals surface area (Å²) in [6.07, 6.45) is 3.75. The van der Waals surface area contributed by atoms with Crippen LogP contribution in [-0.4, -0.2) is 11.5 Å². The van der Waals surface area contributed by atoms with Gasteiger partial charge in [-0.15, -0.1) is 0 Å². The molecule has 0 aliphatic heterocycles. The second-order valence-electron chi connectivity index (χ2n) is 4.16. The molecule has 15 heavy (non-hydrogen) atoms. The van der Waals surface area contributed by atoms with Crippen molar-refractivity contribution in [3.63, 3.8) is 0 Å². The van der Waals surface area contributed by atoms with Gasteiger partial charge in [-0.3, -0.25) is 0 Å². The average molecular weight is 227 g/mol. The van der Waals surface area contributed by atoms with Crippen LogP contribution in [0.2, 0.25) is 5.15 Å². The Morgan fingerprint density at radius 2 is 2.13 bits per heavy atom. The molecule has 0 spiro atoms. The van der Waals surface area contributed by atoms with E-state index in [0.717, 1.165) is 18.3 Å². The van der Waals surface area contributed by atoms with Gasteiger partial charge >= 0.3 is 0 Å². The summed E-state index contributed by atoms with van der Waals surface area (Å²) < 4.78 is 0. The topological polar surface area (TPSA) is 24.9 Å². The summed E-state index contributed by atoms with van der Waals surface area (Å²) in [4.78, 5) is 4.16. The van der Waals surface area contributed by atoms with Crippen LogP contribution in [0, 0.1) is 5.92 Å². The Balaban J connectivity index is 2.15. The average Bonchev–Trinajstić information content (AvgIpc) is 2.17. The van der Waals surface area contributed by atoms with E-state index in [1.165, 1.54) is 19.3 Å². The number of anilines is 1. The SMILES string of the molecule is CC(C)CCCCNc1cccc(Cl)n1. The molecule has 0 saturated carbocycles. The number of halogens is 1. The largest absolute Gasteiger partial charge is 0.370 e. The molecule has 1 aromatic heterocycles. The molecule has 1 aromatic rings. The van der Waals surface area contributed by atoms with Crippen LogP contribution in [0.25, 0.3) is 0 Å². The molecule has 0 saturated heterocycles. The molecule has 0 fully saturated rings. The fourth-order valence-electron chi connectivity index (χ4n) is 1.40. The first-order valence-corrected chi connectivity index (χ1v) is 5.92. The highest BCUT2D eigenvalue weighted by Crippen LogP contribution is 2.10. The van der Waals surface area contributed by atoms with E-state index >= 15 is 0 Å². The summed E-state index contributed by atoms with van der Waals surface area (Å²) in [5.41, 5.74) is 0. The van der Waals surface area contributed by atoms with Gasteiger partial charge in [-0.2, -0.15) is 0 Å². The van der Waals surface area contributed by atoms with Crippen LogP contribution in [0.5, 0.6) is 0 Å². The summed E-state index contributed by atoms with van der Waals surface area (Å²) in [5.74, 6) is 1.67. The first kappa shape index (κ1) is 12.3. The van der Waals surface area contributed by atoms with Crippen LogP contribution < -0.4 is 5.32 Å². The maximum atomic E-state index is 5.78. The normalized spacial score (nSPS) is 10.7. The summed E-state index contributed by atoms with van der Waals surface area (Å²) in [6, 6.07) is 5.63. The van der Waals surface area contributed by atoms with Gasteiger partial charge in [0.15, 0.2) is 0 Å².